The van der Waals surface area contributed by atoms with Gasteiger partial charge in [0.15, 0.2) is 6.61 Å². The van der Waals surface area contributed by atoms with Crippen molar-refractivity contribution < 1.29 is 23.9 Å². The van der Waals surface area contributed by atoms with Crippen LogP contribution in [0.25, 0.3) is 0 Å². The van der Waals surface area contributed by atoms with Gasteiger partial charge in [0.05, 0.1) is 18.1 Å². The molecule has 0 aliphatic carbocycles. The van der Waals surface area contributed by atoms with Gasteiger partial charge in [-0.1, -0.05) is 12.1 Å². The average Bonchev–Trinajstić information content (AvgIpc) is 2.64. The smallest absolute Gasteiger partial charge is 0.311 e. The van der Waals surface area contributed by atoms with Crippen LogP contribution in [0.1, 0.15) is 37.4 Å². The van der Waals surface area contributed by atoms with Crippen molar-refractivity contribution in [2.75, 3.05) is 13.7 Å². The Morgan fingerprint density at radius 1 is 1.31 bits per heavy atom. The van der Waals surface area contributed by atoms with Gasteiger partial charge < -0.3 is 19.5 Å². The summed E-state index contributed by atoms with van der Waals surface area (Å²) < 4.78 is 16.6. The lowest BCUT2D eigenvalue weighted by atomic mass is 9.89. The minimum atomic E-state index is -0.540. The van der Waals surface area contributed by atoms with Crippen LogP contribution in [-0.2, 0) is 4.79 Å². The quantitative estimate of drug-likeness (QED) is 0.586. The van der Waals surface area contributed by atoms with E-state index in [1.165, 1.54) is 25.3 Å². The third-order valence-electron chi connectivity index (χ3n) is 4.68. The molecule has 2 aromatic rings. The highest BCUT2D eigenvalue weighted by atomic mass is 16.6. The molecule has 8 nitrogen and oxygen atoms in total. The second kappa shape index (κ2) is 7.98. The van der Waals surface area contributed by atoms with Crippen LogP contribution in [0.5, 0.6) is 17.2 Å². The normalized spacial score (nSPS) is 16.9. The minimum absolute atomic E-state index is 0.0726. The Morgan fingerprint density at radius 2 is 2.07 bits per heavy atom. The summed E-state index contributed by atoms with van der Waals surface area (Å²) in [4.78, 5) is 22.9. The number of amides is 1. The number of nitro benzene ring substituents is 1. The Bertz CT molecular complexity index is 941. The van der Waals surface area contributed by atoms with E-state index in [2.05, 4.69) is 5.32 Å². The summed E-state index contributed by atoms with van der Waals surface area (Å²) >= 11 is 0. The molecule has 1 aliphatic rings. The number of hydrogen-bond donors (Lipinski definition) is 1. The van der Waals surface area contributed by atoms with Gasteiger partial charge in [0.1, 0.15) is 17.1 Å². The number of ether oxygens (including phenoxy) is 3. The molecule has 0 fully saturated rings. The van der Waals surface area contributed by atoms with E-state index in [-0.39, 0.29) is 30.0 Å². The van der Waals surface area contributed by atoms with Crippen molar-refractivity contribution in [3.05, 3.63) is 57.6 Å². The van der Waals surface area contributed by atoms with Gasteiger partial charge in [-0.2, -0.15) is 0 Å². The average molecular weight is 400 g/mol. The van der Waals surface area contributed by atoms with Crippen LogP contribution < -0.4 is 19.5 Å². The summed E-state index contributed by atoms with van der Waals surface area (Å²) in [7, 11) is 1.34. The van der Waals surface area contributed by atoms with Gasteiger partial charge in [0.25, 0.3) is 5.91 Å². The minimum Gasteiger partial charge on any atom is -0.490 e. The van der Waals surface area contributed by atoms with E-state index in [4.69, 9.17) is 14.2 Å². The molecule has 1 heterocycles. The molecule has 0 bridgehead atoms. The Labute approximate surface area is 168 Å². The van der Waals surface area contributed by atoms with E-state index < -0.39 is 10.5 Å². The Kier molecular flexibility index (Phi) is 5.63. The molecule has 154 valence electrons. The maximum Gasteiger partial charge on any atom is 0.311 e. The van der Waals surface area contributed by atoms with Crippen LogP contribution in [0, 0.1) is 17.0 Å². The zero-order valence-corrected chi connectivity index (χ0v) is 16.9. The maximum atomic E-state index is 12.5. The number of hydrogen-bond acceptors (Lipinski definition) is 6. The van der Waals surface area contributed by atoms with Crippen molar-refractivity contribution >= 4 is 11.6 Å². The number of benzene rings is 2. The van der Waals surface area contributed by atoms with Crippen LogP contribution in [-0.4, -0.2) is 30.1 Å². The maximum absolute atomic E-state index is 12.5. The first kappa shape index (κ1) is 20.4. The summed E-state index contributed by atoms with van der Waals surface area (Å²) in [6.45, 7) is 5.74. The fourth-order valence-corrected chi connectivity index (χ4v) is 3.37. The standard InChI is InChI=1S/C21H24N2O6/c1-13-5-7-15-16(11-21(2,3)29-18(15)9-13)22-20(24)12-28-14-6-8-17(23(25)26)19(10-14)27-4/h5-10,16H,11-12H2,1-4H3,(H,22,24)/t16-/m0/s1. The van der Waals surface area contributed by atoms with E-state index >= 15 is 0 Å². The Balaban J connectivity index is 1.68. The zero-order chi connectivity index (χ0) is 21.2. The summed E-state index contributed by atoms with van der Waals surface area (Å²) in [5.41, 5.74) is 1.44. The van der Waals surface area contributed by atoms with E-state index in [9.17, 15) is 14.9 Å². The van der Waals surface area contributed by atoms with Crippen molar-refractivity contribution in [2.45, 2.75) is 38.8 Å². The Hall–Kier alpha value is -3.29. The van der Waals surface area contributed by atoms with Crippen LogP contribution in [0.4, 0.5) is 5.69 Å². The van der Waals surface area contributed by atoms with Crippen molar-refractivity contribution in [3.8, 4) is 17.2 Å². The first-order valence-corrected chi connectivity index (χ1v) is 9.23. The van der Waals surface area contributed by atoms with Crippen LogP contribution in [0.15, 0.2) is 36.4 Å². The van der Waals surface area contributed by atoms with E-state index in [1.807, 2.05) is 39.0 Å². The number of aryl methyl sites for hydroxylation is 1. The zero-order valence-electron chi connectivity index (χ0n) is 16.9. The number of methoxy groups -OCH3 is 1. The lowest BCUT2D eigenvalue weighted by Gasteiger charge is -2.38. The topological polar surface area (TPSA) is 99.9 Å². The highest BCUT2D eigenvalue weighted by Gasteiger charge is 2.34. The van der Waals surface area contributed by atoms with Crippen molar-refractivity contribution in [3.63, 3.8) is 0 Å². The second-order valence-electron chi connectivity index (χ2n) is 7.61. The predicted molar refractivity (Wildman–Crippen MR) is 107 cm³/mol. The fraction of sp³-hybridized carbons (Fsp3) is 0.381. The first-order chi connectivity index (χ1) is 13.7. The summed E-state index contributed by atoms with van der Waals surface area (Å²) in [5, 5.41) is 14.0. The fourth-order valence-electron chi connectivity index (χ4n) is 3.37. The molecule has 1 atom stereocenters. The SMILES string of the molecule is COc1cc(OCC(=O)N[C@H]2CC(C)(C)Oc3cc(C)ccc32)ccc1[N+](=O)[O-]. The molecule has 0 radical (unpaired) electrons. The van der Waals surface area contributed by atoms with Gasteiger partial charge in [-0.3, -0.25) is 14.9 Å². The summed E-state index contributed by atoms with van der Waals surface area (Å²) in [6, 6.07) is 9.83. The number of carbonyl (C=O) groups excluding carboxylic acids is 1. The number of rotatable bonds is 6. The largest absolute Gasteiger partial charge is 0.490 e. The van der Waals surface area contributed by atoms with Crippen LogP contribution in [0.3, 0.4) is 0 Å². The third kappa shape index (κ3) is 4.77. The molecule has 0 aromatic heterocycles. The highest BCUT2D eigenvalue weighted by Crippen LogP contribution is 2.40. The van der Waals surface area contributed by atoms with Gasteiger partial charge >= 0.3 is 5.69 Å². The molecular formula is C21H24N2O6. The molecule has 29 heavy (non-hydrogen) atoms. The van der Waals surface area contributed by atoms with Gasteiger partial charge in [0, 0.05) is 24.1 Å². The van der Waals surface area contributed by atoms with Gasteiger partial charge in [-0.05, 0) is 38.5 Å². The molecule has 1 N–H and O–H groups in total. The molecule has 0 spiro atoms. The van der Waals surface area contributed by atoms with E-state index in [1.54, 1.807) is 0 Å². The molecule has 0 saturated heterocycles. The number of carbonyl (C=O) groups is 1. The summed E-state index contributed by atoms with van der Waals surface area (Å²) in [5.74, 6) is 0.860. The van der Waals surface area contributed by atoms with Crippen molar-refractivity contribution in [1.82, 2.24) is 5.32 Å². The molecule has 2 aromatic carbocycles. The molecule has 3 rings (SSSR count). The number of nitro groups is 1. The van der Waals surface area contributed by atoms with Gasteiger partial charge in [-0.25, -0.2) is 0 Å². The Morgan fingerprint density at radius 3 is 2.76 bits per heavy atom. The summed E-state index contributed by atoms with van der Waals surface area (Å²) in [6.07, 6.45) is 0.625. The van der Waals surface area contributed by atoms with E-state index in [0.29, 0.717) is 12.2 Å². The molecule has 1 amide bonds. The van der Waals surface area contributed by atoms with Crippen molar-refractivity contribution in [2.24, 2.45) is 0 Å². The number of fused-ring (bicyclic) bond motifs is 1. The molecule has 0 saturated carbocycles. The first-order valence-electron chi connectivity index (χ1n) is 9.23. The lowest BCUT2D eigenvalue weighted by molar-refractivity contribution is -0.385. The number of nitrogens with zero attached hydrogens (tertiary/aromatic N) is 1. The predicted octanol–water partition coefficient (Wildman–Crippen LogP) is 3.71. The second-order valence-corrected chi connectivity index (χ2v) is 7.61. The lowest BCUT2D eigenvalue weighted by Crippen LogP contribution is -2.42. The van der Waals surface area contributed by atoms with Crippen LogP contribution in [0.2, 0.25) is 0 Å². The van der Waals surface area contributed by atoms with E-state index in [0.717, 1.165) is 16.9 Å². The highest BCUT2D eigenvalue weighted by molar-refractivity contribution is 5.78. The molecule has 8 heteroatoms. The van der Waals surface area contributed by atoms with Gasteiger partial charge in [-0.15, -0.1) is 0 Å². The van der Waals surface area contributed by atoms with Crippen molar-refractivity contribution in [1.29, 1.82) is 0 Å². The van der Waals surface area contributed by atoms with Gasteiger partial charge in [0.2, 0.25) is 5.75 Å². The molecule has 1 aliphatic heterocycles. The molecular weight excluding hydrogens is 376 g/mol. The molecule has 0 unspecified atom stereocenters. The van der Waals surface area contributed by atoms with Crippen LogP contribution >= 0.6 is 0 Å². The monoisotopic (exact) mass is 400 g/mol. The third-order valence-corrected chi connectivity index (χ3v) is 4.68. The number of nitrogens with one attached hydrogen (secondary N) is 1.